The van der Waals surface area contributed by atoms with E-state index in [0.717, 1.165) is 32.2 Å². The first-order valence-electron chi connectivity index (χ1n) is 10.5. The molecular weight excluding hydrogens is 338 g/mol. The number of piperazine rings is 1. The molecule has 1 N–H and O–H groups in total. The molecule has 3 rings (SSSR count). The lowest BCUT2D eigenvalue weighted by Crippen LogP contribution is -2.60. The van der Waals surface area contributed by atoms with Crippen LogP contribution in [0.1, 0.15) is 51.2 Å². The number of amides is 2. The maximum absolute atomic E-state index is 13.0. The van der Waals surface area contributed by atoms with Crippen LogP contribution in [0.3, 0.4) is 0 Å². The molecule has 148 valence electrons. The van der Waals surface area contributed by atoms with Crippen LogP contribution in [-0.2, 0) is 22.4 Å². The van der Waals surface area contributed by atoms with Crippen molar-refractivity contribution in [2.45, 2.75) is 71.0 Å². The molecule has 0 radical (unpaired) electrons. The van der Waals surface area contributed by atoms with Crippen LogP contribution in [-0.4, -0.2) is 59.4 Å². The van der Waals surface area contributed by atoms with E-state index in [4.69, 9.17) is 0 Å². The molecule has 1 aromatic carbocycles. The van der Waals surface area contributed by atoms with Crippen LogP contribution in [0, 0.1) is 0 Å². The van der Waals surface area contributed by atoms with E-state index in [1.807, 2.05) is 11.8 Å². The Kier molecular flexibility index (Phi) is 6.53. The molecule has 0 saturated carbocycles. The molecule has 2 amide bonds. The van der Waals surface area contributed by atoms with E-state index in [2.05, 4.69) is 48.3 Å². The fourth-order valence-electron chi connectivity index (χ4n) is 4.80. The highest BCUT2D eigenvalue weighted by Gasteiger charge is 2.39. The minimum absolute atomic E-state index is 0.00570. The van der Waals surface area contributed by atoms with E-state index < -0.39 is 0 Å². The maximum atomic E-state index is 13.0. The molecule has 1 saturated heterocycles. The second-order valence-corrected chi connectivity index (χ2v) is 7.73. The topological polar surface area (TPSA) is 52.7 Å². The van der Waals surface area contributed by atoms with Gasteiger partial charge in [-0.15, -0.1) is 0 Å². The molecule has 5 nitrogen and oxygen atoms in total. The number of nitrogens with zero attached hydrogens (tertiary/aromatic N) is 2. The molecule has 27 heavy (non-hydrogen) atoms. The third-order valence-corrected chi connectivity index (χ3v) is 6.28. The summed E-state index contributed by atoms with van der Waals surface area (Å²) in [5.41, 5.74) is 2.76. The Labute approximate surface area is 163 Å². The van der Waals surface area contributed by atoms with Gasteiger partial charge in [0.05, 0.1) is 12.5 Å². The van der Waals surface area contributed by atoms with Crippen molar-refractivity contribution in [2.24, 2.45) is 0 Å². The highest BCUT2D eigenvalue weighted by atomic mass is 16.2. The molecule has 1 atom stereocenters. The summed E-state index contributed by atoms with van der Waals surface area (Å²) in [7, 11) is 0. The number of rotatable bonds is 7. The SMILES string of the molecule is CCC(CC)N(CC)C(=O)C[C@H]1C(=O)NCCN1C1Cc2ccccc2C1. The second-order valence-electron chi connectivity index (χ2n) is 7.73. The monoisotopic (exact) mass is 371 g/mol. The Balaban J connectivity index is 1.73. The fourth-order valence-corrected chi connectivity index (χ4v) is 4.80. The average molecular weight is 372 g/mol. The van der Waals surface area contributed by atoms with Gasteiger partial charge in [0.25, 0.3) is 0 Å². The summed E-state index contributed by atoms with van der Waals surface area (Å²) >= 11 is 0. The van der Waals surface area contributed by atoms with Crippen molar-refractivity contribution in [2.75, 3.05) is 19.6 Å². The average Bonchev–Trinajstić information content (AvgIpc) is 3.11. The first-order valence-corrected chi connectivity index (χ1v) is 10.5. The molecule has 1 aromatic rings. The van der Waals surface area contributed by atoms with Crippen LogP contribution >= 0.6 is 0 Å². The quantitative estimate of drug-likeness (QED) is 0.801. The Hall–Kier alpha value is -1.88. The van der Waals surface area contributed by atoms with Crippen molar-refractivity contribution < 1.29 is 9.59 Å². The largest absolute Gasteiger partial charge is 0.353 e. The number of hydrogen-bond donors (Lipinski definition) is 1. The number of fused-ring (bicyclic) bond motifs is 1. The van der Waals surface area contributed by atoms with Gasteiger partial charge in [-0.3, -0.25) is 14.5 Å². The fraction of sp³-hybridized carbons (Fsp3) is 0.636. The van der Waals surface area contributed by atoms with Crippen molar-refractivity contribution in [3.8, 4) is 0 Å². The molecule has 0 aromatic heterocycles. The van der Waals surface area contributed by atoms with Gasteiger partial charge in [0.1, 0.15) is 0 Å². The van der Waals surface area contributed by atoms with Crippen LogP contribution in [0.15, 0.2) is 24.3 Å². The first-order chi connectivity index (χ1) is 13.1. The van der Waals surface area contributed by atoms with Gasteiger partial charge in [0, 0.05) is 31.7 Å². The van der Waals surface area contributed by atoms with Gasteiger partial charge in [0.15, 0.2) is 0 Å². The van der Waals surface area contributed by atoms with Gasteiger partial charge in [0.2, 0.25) is 11.8 Å². The maximum Gasteiger partial charge on any atom is 0.237 e. The Bertz CT molecular complexity index is 646. The van der Waals surface area contributed by atoms with E-state index in [1.165, 1.54) is 11.1 Å². The van der Waals surface area contributed by atoms with Crippen molar-refractivity contribution in [3.05, 3.63) is 35.4 Å². The van der Waals surface area contributed by atoms with Crippen LogP contribution < -0.4 is 5.32 Å². The number of nitrogens with one attached hydrogen (secondary N) is 1. The first kappa shape index (κ1) is 19.9. The minimum atomic E-state index is -0.353. The highest BCUT2D eigenvalue weighted by molar-refractivity contribution is 5.89. The third kappa shape index (κ3) is 4.18. The Morgan fingerprint density at radius 1 is 1.19 bits per heavy atom. The summed E-state index contributed by atoms with van der Waals surface area (Å²) in [5, 5.41) is 2.97. The number of benzene rings is 1. The van der Waals surface area contributed by atoms with Gasteiger partial charge in [-0.1, -0.05) is 38.1 Å². The normalized spacial score (nSPS) is 20.6. The van der Waals surface area contributed by atoms with Crippen LogP contribution in [0.5, 0.6) is 0 Å². The second kappa shape index (κ2) is 8.87. The number of hydrogen-bond acceptors (Lipinski definition) is 3. The van der Waals surface area contributed by atoms with Gasteiger partial charge >= 0.3 is 0 Å². The molecule has 1 fully saturated rings. The summed E-state index contributed by atoms with van der Waals surface area (Å²) in [6, 6.07) is 8.76. The van der Waals surface area contributed by atoms with Crippen molar-refractivity contribution in [3.63, 3.8) is 0 Å². The summed E-state index contributed by atoms with van der Waals surface area (Å²) in [5.74, 6) is 0.111. The molecule has 0 bridgehead atoms. The summed E-state index contributed by atoms with van der Waals surface area (Å²) in [6.07, 6.45) is 4.13. The summed E-state index contributed by atoms with van der Waals surface area (Å²) < 4.78 is 0. The molecule has 1 aliphatic carbocycles. The predicted octanol–water partition coefficient (Wildman–Crippen LogP) is 2.38. The van der Waals surface area contributed by atoms with Gasteiger partial charge in [-0.25, -0.2) is 0 Å². The molecule has 1 heterocycles. The molecule has 1 aliphatic heterocycles. The van der Waals surface area contributed by atoms with Crippen molar-refractivity contribution >= 4 is 11.8 Å². The molecule has 5 heteroatoms. The molecule has 0 unspecified atom stereocenters. The zero-order valence-corrected chi connectivity index (χ0v) is 16.9. The van der Waals surface area contributed by atoms with Crippen molar-refractivity contribution in [1.82, 2.24) is 15.1 Å². The van der Waals surface area contributed by atoms with Crippen LogP contribution in [0.4, 0.5) is 0 Å². The Morgan fingerprint density at radius 3 is 2.37 bits per heavy atom. The van der Waals surface area contributed by atoms with E-state index in [9.17, 15) is 9.59 Å². The predicted molar refractivity (Wildman–Crippen MR) is 108 cm³/mol. The van der Waals surface area contributed by atoms with Gasteiger partial charge in [-0.2, -0.15) is 0 Å². The Morgan fingerprint density at radius 2 is 1.81 bits per heavy atom. The summed E-state index contributed by atoms with van der Waals surface area (Å²) in [4.78, 5) is 30.0. The highest BCUT2D eigenvalue weighted by Crippen LogP contribution is 2.28. The van der Waals surface area contributed by atoms with E-state index in [1.54, 1.807) is 0 Å². The van der Waals surface area contributed by atoms with E-state index >= 15 is 0 Å². The van der Waals surface area contributed by atoms with Crippen LogP contribution in [0.2, 0.25) is 0 Å². The van der Waals surface area contributed by atoms with Crippen LogP contribution in [0.25, 0.3) is 0 Å². The van der Waals surface area contributed by atoms with Gasteiger partial charge in [-0.05, 0) is 43.7 Å². The standard InChI is InChI=1S/C22H33N3O2/c1-4-18(5-2)24(6-3)21(26)15-20-22(27)23-11-12-25(20)19-13-16-9-7-8-10-17(16)14-19/h7-10,18-20H,4-6,11-15H2,1-3H3,(H,23,27)/t20-/m0/s1. The zero-order valence-electron chi connectivity index (χ0n) is 16.9. The number of carbonyl (C=O) groups is 2. The number of carbonyl (C=O) groups excluding carboxylic acids is 2. The van der Waals surface area contributed by atoms with E-state index in [0.29, 0.717) is 19.1 Å². The summed E-state index contributed by atoms with van der Waals surface area (Å²) in [6.45, 7) is 8.47. The lowest BCUT2D eigenvalue weighted by atomic mass is 10.0. The third-order valence-electron chi connectivity index (χ3n) is 6.28. The zero-order chi connectivity index (χ0) is 19.4. The lowest BCUT2D eigenvalue weighted by molar-refractivity contribution is -0.141. The molecule has 0 spiro atoms. The molecular formula is C22H33N3O2. The van der Waals surface area contributed by atoms with Crippen molar-refractivity contribution in [1.29, 1.82) is 0 Å². The smallest absolute Gasteiger partial charge is 0.237 e. The van der Waals surface area contributed by atoms with E-state index in [-0.39, 0.29) is 30.3 Å². The van der Waals surface area contributed by atoms with Gasteiger partial charge < -0.3 is 10.2 Å². The lowest BCUT2D eigenvalue weighted by Gasteiger charge is -2.40. The molecule has 2 aliphatic rings. The minimum Gasteiger partial charge on any atom is -0.353 e.